The van der Waals surface area contributed by atoms with Gasteiger partial charge in [-0.1, -0.05) is 19.9 Å². The summed E-state index contributed by atoms with van der Waals surface area (Å²) in [6.07, 6.45) is 1.52. The van der Waals surface area contributed by atoms with Crippen molar-refractivity contribution in [3.63, 3.8) is 0 Å². The standard InChI is InChI=1S/C15H22O2/c1-10-5-6-12(9-11(10)2)17-13-7-8-15(3,4)14(13)16/h5-6,9,13-14,16H,7-8H2,1-4H3. The van der Waals surface area contributed by atoms with Gasteiger partial charge in [0.25, 0.3) is 0 Å². The van der Waals surface area contributed by atoms with Crippen LogP contribution in [0.15, 0.2) is 18.2 Å². The Labute approximate surface area is 104 Å². The lowest BCUT2D eigenvalue weighted by Crippen LogP contribution is -2.34. The van der Waals surface area contributed by atoms with Gasteiger partial charge in [0.05, 0.1) is 6.10 Å². The van der Waals surface area contributed by atoms with Crippen molar-refractivity contribution in [3.8, 4) is 5.75 Å². The average Bonchev–Trinajstić information content (AvgIpc) is 2.51. The van der Waals surface area contributed by atoms with E-state index in [0.717, 1.165) is 18.6 Å². The van der Waals surface area contributed by atoms with Gasteiger partial charge in [0, 0.05) is 0 Å². The topological polar surface area (TPSA) is 29.5 Å². The fraction of sp³-hybridized carbons (Fsp3) is 0.600. The van der Waals surface area contributed by atoms with Crippen LogP contribution in [0.25, 0.3) is 0 Å². The zero-order valence-electron chi connectivity index (χ0n) is 11.2. The summed E-state index contributed by atoms with van der Waals surface area (Å²) in [4.78, 5) is 0. The normalized spacial score (nSPS) is 27.1. The van der Waals surface area contributed by atoms with Crippen LogP contribution >= 0.6 is 0 Å². The van der Waals surface area contributed by atoms with Crippen molar-refractivity contribution in [2.45, 2.75) is 52.7 Å². The van der Waals surface area contributed by atoms with Crippen molar-refractivity contribution >= 4 is 0 Å². The summed E-state index contributed by atoms with van der Waals surface area (Å²) in [5.41, 5.74) is 2.48. The van der Waals surface area contributed by atoms with Crippen LogP contribution in [0.3, 0.4) is 0 Å². The van der Waals surface area contributed by atoms with Crippen LogP contribution in [-0.2, 0) is 0 Å². The third kappa shape index (κ3) is 2.47. The van der Waals surface area contributed by atoms with Crippen molar-refractivity contribution in [1.82, 2.24) is 0 Å². The Morgan fingerprint density at radius 3 is 2.47 bits per heavy atom. The average molecular weight is 234 g/mol. The molecule has 1 aromatic carbocycles. The van der Waals surface area contributed by atoms with Crippen molar-refractivity contribution in [3.05, 3.63) is 29.3 Å². The monoisotopic (exact) mass is 234 g/mol. The lowest BCUT2D eigenvalue weighted by Gasteiger charge is -2.26. The molecule has 0 bridgehead atoms. The van der Waals surface area contributed by atoms with Gasteiger partial charge in [-0.3, -0.25) is 0 Å². The molecule has 1 aliphatic rings. The van der Waals surface area contributed by atoms with Crippen molar-refractivity contribution in [2.24, 2.45) is 5.41 Å². The highest BCUT2D eigenvalue weighted by Crippen LogP contribution is 2.39. The van der Waals surface area contributed by atoms with E-state index in [0.29, 0.717) is 0 Å². The number of aryl methyl sites for hydroxylation is 2. The quantitative estimate of drug-likeness (QED) is 0.851. The molecule has 2 unspecified atom stereocenters. The van der Waals surface area contributed by atoms with Gasteiger partial charge < -0.3 is 9.84 Å². The van der Waals surface area contributed by atoms with Crippen LogP contribution in [0.2, 0.25) is 0 Å². The van der Waals surface area contributed by atoms with Gasteiger partial charge >= 0.3 is 0 Å². The van der Waals surface area contributed by atoms with E-state index < -0.39 is 0 Å². The zero-order valence-corrected chi connectivity index (χ0v) is 11.2. The fourth-order valence-corrected chi connectivity index (χ4v) is 2.41. The molecule has 0 aliphatic heterocycles. The molecule has 94 valence electrons. The number of hydrogen-bond acceptors (Lipinski definition) is 2. The number of hydrogen-bond donors (Lipinski definition) is 1. The SMILES string of the molecule is Cc1ccc(OC2CCC(C)(C)C2O)cc1C. The van der Waals surface area contributed by atoms with Crippen molar-refractivity contribution < 1.29 is 9.84 Å². The number of ether oxygens (including phenoxy) is 1. The summed E-state index contributed by atoms with van der Waals surface area (Å²) < 4.78 is 5.91. The molecule has 17 heavy (non-hydrogen) atoms. The fourth-order valence-electron chi connectivity index (χ4n) is 2.41. The molecule has 0 aromatic heterocycles. The van der Waals surface area contributed by atoms with Crippen LogP contribution in [-0.4, -0.2) is 17.3 Å². The van der Waals surface area contributed by atoms with Gasteiger partial charge in [-0.15, -0.1) is 0 Å². The Morgan fingerprint density at radius 2 is 1.94 bits per heavy atom. The smallest absolute Gasteiger partial charge is 0.125 e. The molecule has 0 spiro atoms. The lowest BCUT2D eigenvalue weighted by atomic mass is 9.89. The van der Waals surface area contributed by atoms with Crippen molar-refractivity contribution in [2.75, 3.05) is 0 Å². The van der Waals surface area contributed by atoms with Crippen LogP contribution in [0.1, 0.15) is 37.8 Å². The zero-order chi connectivity index (χ0) is 12.6. The molecule has 1 aliphatic carbocycles. The highest BCUT2D eigenvalue weighted by molar-refractivity contribution is 5.34. The van der Waals surface area contributed by atoms with E-state index in [4.69, 9.17) is 4.74 Å². The second-order valence-electron chi connectivity index (χ2n) is 5.87. The van der Waals surface area contributed by atoms with Crippen LogP contribution in [0.5, 0.6) is 5.75 Å². The van der Waals surface area contributed by atoms with Gasteiger partial charge in [-0.2, -0.15) is 0 Å². The van der Waals surface area contributed by atoms with E-state index in [1.807, 2.05) is 12.1 Å². The second kappa shape index (κ2) is 4.34. The molecule has 1 fully saturated rings. The van der Waals surface area contributed by atoms with E-state index in [2.05, 4.69) is 33.8 Å². The predicted octanol–water partition coefficient (Wildman–Crippen LogP) is 3.23. The predicted molar refractivity (Wildman–Crippen MR) is 69.4 cm³/mol. The van der Waals surface area contributed by atoms with Crippen molar-refractivity contribution in [1.29, 1.82) is 0 Å². The molecular weight excluding hydrogens is 212 g/mol. The van der Waals surface area contributed by atoms with Gasteiger partial charge in [-0.25, -0.2) is 0 Å². The Balaban J connectivity index is 2.09. The molecule has 0 heterocycles. The molecule has 2 heteroatoms. The molecule has 0 radical (unpaired) electrons. The Bertz CT molecular complexity index is 409. The number of rotatable bonds is 2. The van der Waals surface area contributed by atoms with Gasteiger partial charge in [0.2, 0.25) is 0 Å². The molecule has 2 nitrogen and oxygen atoms in total. The summed E-state index contributed by atoms with van der Waals surface area (Å²) in [6, 6.07) is 6.10. The minimum absolute atomic E-state index is 0.0234. The van der Waals surface area contributed by atoms with Gasteiger partial charge in [0.15, 0.2) is 0 Å². The summed E-state index contributed by atoms with van der Waals surface area (Å²) in [6.45, 7) is 8.37. The van der Waals surface area contributed by atoms with Crippen LogP contribution in [0, 0.1) is 19.3 Å². The Morgan fingerprint density at radius 1 is 1.24 bits per heavy atom. The largest absolute Gasteiger partial charge is 0.488 e. The van der Waals surface area contributed by atoms with E-state index in [9.17, 15) is 5.11 Å². The molecule has 1 aromatic rings. The van der Waals surface area contributed by atoms with E-state index >= 15 is 0 Å². The molecule has 0 amide bonds. The summed E-state index contributed by atoms with van der Waals surface area (Å²) in [7, 11) is 0. The van der Waals surface area contributed by atoms with Gasteiger partial charge in [-0.05, 0) is 55.4 Å². The first-order valence-corrected chi connectivity index (χ1v) is 6.32. The molecular formula is C15H22O2. The number of aliphatic hydroxyl groups excluding tert-OH is 1. The first kappa shape index (κ1) is 12.4. The second-order valence-corrected chi connectivity index (χ2v) is 5.87. The summed E-state index contributed by atoms with van der Waals surface area (Å²) >= 11 is 0. The highest BCUT2D eigenvalue weighted by Gasteiger charge is 2.42. The van der Waals surface area contributed by atoms with Crippen LogP contribution < -0.4 is 4.74 Å². The maximum Gasteiger partial charge on any atom is 0.125 e. The minimum Gasteiger partial charge on any atom is -0.488 e. The van der Waals surface area contributed by atoms with Gasteiger partial charge in [0.1, 0.15) is 11.9 Å². The number of benzene rings is 1. The van der Waals surface area contributed by atoms with Crippen LogP contribution in [0.4, 0.5) is 0 Å². The maximum atomic E-state index is 10.2. The van der Waals surface area contributed by atoms with E-state index in [1.165, 1.54) is 11.1 Å². The maximum absolute atomic E-state index is 10.2. The first-order valence-electron chi connectivity index (χ1n) is 6.32. The lowest BCUT2D eigenvalue weighted by molar-refractivity contribution is 0.00490. The molecule has 2 atom stereocenters. The third-order valence-corrected chi connectivity index (χ3v) is 3.99. The molecule has 0 saturated heterocycles. The third-order valence-electron chi connectivity index (χ3n) is 3.99. The summed E-state index contributed by atoms with van der Waals surface area (Å²) in [5, 5.41) is 10.2. The molecule has 2 rings (SSSR count). The highest BCUT2D eigenvalue weighted by atomic mass is 16.5. The van der Waals surface area contributed by atoms with E-state index in [-0.39, 0.29) is 17.6 Å². The Kier molecular flexibility index (Phi) is 3.17. The minimum atomic E-state index is -0.371. The molecule has 1 saturated carbocycles. The number of aliphatic hydroxyl groups is 1. The van der Waals surface area contributed by atoms with E-state index in [1.54, 1.807) is 0 Å². The first-order chi connectivity index (χ1) is 7.90. The molecule has 1 N–H and O–H groups in total. The summed E-state index contributed by atoms with van der Waals surface area (Å²) in [5.74, 6) is 0.870. The Hall–Kier alpha value is -1.02.